The average Bonchev–Trinajstić information content (AvgIpc) is 2.32. The molecule has 18 heavy (non-hydrogen) atoms. The molecule has 1 aromatic heterocycles. The molecule has 8 heteroatoms. The lowest BCUT2D eigenvalue weighted by Crippen LogP contribution is -2.21. The standard InChI is InChI=1S/C10H16FN5O2/c1-2-13-10-15-5-7(11)9(16-10)14-3-4-18-6-8(12)17/h5H,2-4,6H2,1H3,(H2,12,17)(H2,13,14,15,16). The van der Waals surface area contributed by atoms with Crippen LogP contribution < -0.4 is 16.4 Å². The minimum Gasteiger partial charge on any atom is -0.370 e. The van der Waals surface area contributed by atoms with Gasteiger partial charge >= 0.3 is 0 Å². The molecule has 0 radical (unpaired) electrons. The molecule has 0 saturated heterocycles. The first-order valence-electron chi connectivity index (χ1n) is 5.49. The number of nitrogens with two attached hydrogens (primary N) is 1. The van der Waals surface area contributed by atoms with Gasteiger partial charge in [0, 0.05) is 13.1 Å². The summed E-state index contributed by atoms with van der Waals surface area (Å²) >= 11 is 0. The zero-order valence-electron chi connectivity index (χ0n) is 10.1. The highest BCUT2D eigenvalue weighted by molar-refractivity contribution is 5.74. The van der Waals surface area contributed by atoms with Gasteiger partial charge in [0.25, 0.3) is 0 Å². The van der Waals surface area contributed by atoms with Crippen molar-refractivity contribution in [2.24, 2.45) is 5.73 Å². The number of primary amides is 1. The van der Waals surface area contributed by atoms with E-state index in [1.807, 2.05) is 6.92 Å². The van der Waals surface area contributed by atoms with Crippen molar-refractivity contribution in [1.82, 2.24) is 9.97 Å². The van der Waals surface area contributed by atoms with Crippen LogP contribution in [0, 0.1) is 5.82 Å². The van der Waals surface area contributed by atoms with Crippen LogP contribution in [-0.4, -0.2) is 42.2 Å². The molecule has 0 aliphatic carbocycles. The first kappa shape index (κ1) is 14.1. The Morgan fingerprint density at radius 1 is 1.56 bits per heavy atom. The second-order valence-corrected chi connectivity index (χ2v) is 3.37. The van der Waals surface area contributed by atoms with Gasteiger partial charge in [0.1, 0.15) is 6.61 Å². The van der Waals surface area contributed by atoms with Crippen LogP contribution in [0.5, 0.6) is 0 Å². The average molecular weight is 257 g/mol. The normalized spacial score (nSPS) is 10.1. The topological polar surface area (TPSA) is 102 Å². The molecular formula is C10H16FN5O2. The summed E-state index contributed by atoms with van der Waals surface area (Å²) in [6.45, 7) is 2.91. The van der Waals surface area contributed by atoms with Crippen molar-refractivity contribution in [3.8, 4) is 0 Å². The molecule has 100 valence electrons. The Morgan fingerprint density at radius 2 is 2.33 bits per heavy atom. The number of hydrogen-bond acceptors (Lipinski definition) is 6. The van der Waals surface area contributed by atoms with Crippen LogP contribution in [-0.2, 0) is 9.53 Å². The highest BCUT2D eigenvalue weighted by Crippen LogP contribution is 2.11. The molecule has 0 aliphatic heterocycles. The summed E-state index contributed by atoms with van der Waals surface area (Å²) < 4.78 is 18.2. The number of amides is 1. The number of ether oxygens (including phenoxy) is 1. The van der Waals surface area contributed by atoms with Crippen molar-refractivity contribution in [3.05, 3.63) is 12.0 Å². The Balaban J connectivity index is 2.40. The molecule has 0 aliphatic rings. The predicted octanol–water partition coefficient (Wildman–Crippen LogP) is -0.0387. The van der Waals surface area contributed by atoms with Gasteiger partial charge in [0.2, 0.25) is 11.9 Å². The molecule has 7 nitrogen and oxygen atoms in total. The monoisotopic (exact) mass is 257 g/mol. The fraction of sp³-hybridized carbons (Fsp3) is 0.500. The van der Waals surface area contributed by atoms with Crippen LogP contribution in [0.3, 0.4) is 0 Å². The Bertz CT molecular complexity index is 402. The van der Waals surface area contributed by atoms with Crippen LogP contribution >= 0.6 is 0 Å². The molecule has 1 aromatic rings. The van der Waals surface area contributed by atoms with E-state index in [1.165, 1.54) is 0 Å². The third kappa shape index (κ3) is 4.91. The minimum absolute atomic E-state index is 0.0867. The number of carbonyl (C=O) groups excluding carboxylic acids is 1. The van der Waals surface area contributed by atoms with Gasteiger partial charge in [-0.25, -0.2) is 9.37 Å². The zero-order chi connectivity index (χ0) is 13.4. The number of halogens is 1. The van der Waals surface area contributed by atoms with Gasteiger partial charge in [-0.1, -0.05) is 0 Å². The van der Waals surface area contributed by atoms with Crippen LogP contribution in [0.25, 0.3) is 0 Å². The Hall–Kier alpha value is -1.96. The predicted molar refractivity (Wildman–Crippen MR) is 64.7 cm³/mol. The summed E-state index contributed by atoms with van der Waals surface area (Å²) in [4.78, 5) is 18.1. The molecule has 4 N–H and O–H groups in total. The van der Waals surface area contributed by atoms with E-state index in [2.05, 4.69) is 20.6 Å². The zero-order valence-corrected chi connectivity index (χ0v) is 10.1. The van der Waals surface area contributed by atoms with Gasteiger partial charge in [-0.15, -0.1) is 0 Å². The van der Waals surface area contributed by atoms with Gasteiger partial charge in [-0.2, -0.15) is 4.98 Å². The second kappa shape index (κ2) is 7.38. The van der Waals surface area contributed by atoms with Crippen LogP contribution in [0.15, 0.2) is 6.20 Å². The molecule has 0 saturated carbocycles. The number of rotatable bonds is 8. The smallest absolute Gasteiger partial charge is 0.243 e. The summed E-state index contributed by atoms with van der Waals surface area (Å²) in [5, 5.41) is 5.61. The molecule has 1 rings (SSSR count). The van der Waals surface area contributed by atoms with Gasteiger partial charge in [-0.3, -0.25) is 4.79 Å². The van der Waals surface area contributed by atoms with E-state index in [9.17, 15) is 9.18 Å². The molecule has 1 amide bonds. The van der Waals surface area contributed by atoms with Crippen LogP contribution in [0.2, 0.25) is 0 Å². The Morgan fingerprint density at radius 3 is 3.00 bits per heavy atom. The molecule has 0 bridgehead atoms. The Kier molecular flexibility index (Phi) is 5.78. The van der Waals surface area contributed by atoms with Gasteiger partial charge in [-0.05, 0) is 6.92 Å². The molecule has 0 spiro atoms. The first-order valence-corrected chi connectivity index (χ1v) is 5.49. The van der Waals surface area contributed by atoms with E-state index < -0.39 is 11.7 Å². The largest absolute Gasteiger partial charge is 0.370 e. The number of hydrogen-bond donors (Lipinski definition) is 3. The summed E-state index contributed by atoms with van der Waals surface area (Å²) in [5.41, 5.74) is 4.89. The fourth-order valence-corrected chi connectivity index (χ4v) is 1.15. The number of anilines is 2. The SMILES string of the molecule is CCNc1ncc(F)c(NCCOCC(N)=O)n1. The van der Waals surface area contributed by atoms with E-state index in [0.717, 1.165) is 6.20 Å². The third-order valence-corrected chi connectivity index (χ3v) is 1.86. The minimum atomic E-state index is -0.549. The van der Waals surface area contributed by atoms with Gasteiger partial charge in [0.05, 0.1) is 12.8 Å². The van der Waals surface area contributed by atoms with E-state index in [4.69, 9.17) is 10.5 Å². The van der Waals surface area contributed by atoms with Crippen LogP contribution in [0.1, 0.15) is 6.92 Å². The van der Waals surface area contributed by atoms with Crippen molar-refractivity contribution in [2.75, 3.05) is 36.9 Å². The highest BCUT2D eigenvalue weighted by Gasteiger charge is 2.05. The lowest BCUT2D eigenvalue weighted by Gasteiger charge is -2.08. The third-order valence-electron chi connectivity index (χ3n) is 1.86. The quantitative estimate of drug-likeness (QED) is 0.565. The second-order valence-electron chi connectivity index (χ2n) is 3.37. The van der Waals surface area contributed by atoms with Crippen molar-refractivity contribution in [2.45, 2.75) is 6.92 Å². The maximum atomic E-state index is 13.3. The van der Waals surface area contributed by atoms with E-state index >= 15 is 0 Å². The first-order chi connectivity index (χ1) is 8.63. The van der Waals surface area contributed by atoms with E-state index in [0.29, 0.717) is 19.0 Å². The summed E-state index contributed by atoms with van der Waals surface area (Å²) in [6, 6.07) is 0. The molecule has 0 unspecified atom stereocenters. The van der Waals surface area contributed by atoms with Crippen molar-refractivity contribution >= 4 is 17.7 Å². The lowest BCUT2D eigenvalue weighted by molar-refractivity contribution is -0.122. The Labute approximate surface area is 104 Å². The van der Waals surface area contributed by atoms with Crippen LogP contribution in [0.4, 0.5) is 16.2 Å². The number of nitrogens with zero attached hydrogens (tertiary/aromatic N) is 2. The van der Waals surface area contributed by atoms with E-state index in [1.54, 1.807) is 0 Å². The highest BCUT2D eigenvalue weighted by atomic mass is 19.1. The molecule has 0 atom stereocenters. The number of nitrogens with one attached hydrogen (secondary N) is 2. The summed E-state index contributed by atoms with van der Waals surface area (Å²) in [6.07, 6.45) is 1.08. The number of aromatic nitrogens is 2. The van der Waals surface area contributed by atoms with Crippen molar-refractivity contribution < 1.29 is 13.9 Å². The van der Waals surface area contributed by atoms with Crippen molar-refractivity contribution in [1.29, 1.82) is 0 Å². The summed E-state index contributed by atoms with van der Waals surface area (Å²) in [7, 11) is 0. The van der Waals surface area contributed by atoms with Gasteiger partial charge < -0.3 is 21.1 Å². The maximum Gasteiger partial charge on any atom is 0.243 e. The molecular weight excluding hydrogens is 241 g/mol. The molecule has 1 heterocycles. The molecule has 0 aromatic carbocycles. The van der Waals surface area contributed by atoms with Gasteiger partial charge in [0.15, 0.2) is 11.6 Å². The summed E-state index contributed by atoms with van der Waals surface area (Å²) in [5.74, 6) is -0.660. The fourth-order valence-electron chi connectivity index (χ4n) is 1.15. The number of carbonyl (C=O) groups is 1. The lowest BCUT2D eigenvalue weighted by atomic mass is 10.5. The van der Waals surface area contributed by atoms with Crippen molar-refractivity contribution in [3.63, 3.8) is 0 Å². The molecule has 0 fully saturated rings. The maximum absolute atomic E-state index is 13.3. The van der Waals surface area contributed by atoms with E-state index in [-0.39, 0.29) is 19.0 Å².